The standard InChI is InChI=1S/C10H19N3O2S/c1-13(2)16(14,15)12-10(8-11)9-6-4-3-5-7-9/h9-10,12H,3-7H2,1-2H3. The van der Waals surface area contributed by atoms with Crippen molar-refractivity contribution in [1.29, 1.82) is 5.26 Å². The molecule has 0 heterocycles. The fourth-order valence-corrected chi connectivity index (χ4v) is 2.74. The van der Waals surface area contributed by atoms with Crippen LogP contribution in [0, 0.1) is 17.2 Å². The van der Waals surface area contributed by atoms with Gasteiger partial charge in [0.15, 0.2) is 0 Å². The fourth-order valence-electron chi connectivity index (χ4n) is 1.96. The van der Waals surface area contributed by atoms with Crippen molar-refractivity contribution in [3.63, 3.8) is 0 Å². The zero-order valence-corrected chi connectivity index (χ0v) is 10.6. The average molecular weight is 245 g/mol. The second kappa shape index (κ2) is 5.62. The van der Waals surface area contributed by atoms with Crippen LogP contribution in [0.4, 0.5) is 0 Å². The van der Waals surface area contributed by atoms with E-state index in [1.54, 1.807) is 0 Å². The summed E-state index contributed by atoms with van der Waals surface area (Å²) in [5, 5.41) is 9.03. The van der Waals surface area contributed by atoms with Crippen LogP contribution >= 0.6 is 0 Å². The lowest BCUT2D eigenvalue weighted by Gasteiger charge is -2.27. The first kappa shape index (κ1) is 13.4. The zero-order valence-electron chi connectivity index (χ0n) is 9.81. The highest BCUT2D eigenvalue weighted by molar-refractivity contribution is 7.87. The SMILES string of the molecule is CN(C)S(=O)(=O)NC(C#N)C1CCCCC1. The Morgan fingerprint density at radius 1 is 1.31 bits per heavy atom. The van der Waals surface area contributed by atoms with E-state index < -0.39 is 16.3 Å². The van der Waals surface area contributed by atoms with E-state index in [2.05, 4.69) is 10.8 Å². The van der Waals surface area contributed by atoms with Gasteiger partial charge in [-0.05, 0) is 18.8 Å². The van der Waals surface area contributed by atoms with Crippen molar-refractivity contribution in [3.8, 4) is 6.07 Å². The number of nitrogens with zero attached hydrogens (tertiary/aromatic N) is 2. The second-order valence-corrected chi connectivity index (χ2v) is 6.33. The van der Waals surface area contributed by atoms with E-state index in [1.807, 2.05) is 0 Å². The monoisotopic (exact) mass is 245 g/mol. The van der Waals surface area contributed by atoms with Gasteiger partial charge in [-0.25, -0.2) is 0 Å². The average Bonchev–Trinajstić information content (AvgIpc) is 2.27. The topological polar surface area (TPSA) is 73.2 Å². The van der Waals surface area contributed by atoms with Crippen molar-refractivity contribution < 1.29 is 8.42 Å². The Morgan fingerprint density at radius 3 is 2.31 bits per heavy atom. The Hall–Kier alpha value is -0.640. The molecule has 1 aliphatic carbocycles. The van der Waals surface area contributed by atoms with Gasteiger partial charge in [0.1, 0.15) is 6.04 Å². The van der Waals surface area contributed by atoms with E-state index in [0.717, 1.165) is 30.0 Å². The van der Waals surface area contributed by atoms with Crippen molar-refractivity contribution in [2.24, 2.45) is 5.92 Å². The van der Waals surface area contributed by atoms with Gasteiger partial charge in [0.05, 0.1) is 6.07 Å². The third-order valence-electron chi connectivity index (χ3n) is 3.02. The second-order valence-electron chi connectivity index (χ2n) is 4.41. The molecular formula is C10H19N3O2S. The van der Waals surface area contributed by atoms with Crippen LogP contribution in [0.25, 0.3) is 0 Å². The minimum Gasteiger partial charge on any atom is -0.197 e. The lowest BCUT2D eigenvalue weighted by atomic mass is 9.85. The first-order chi connectivity index (χ1) is 7.47. The molecule has 0 aromatic carbocycles. The van der Waals surface area contributed by atoms with Crippen LogP contribution in [0.5, 0.6) is 0 Å². The summed E-state index contributed by atoms with van der Waals surface area (Å²) < 4.78 is 26.8. The largest absolute Gasteiger partial charge is 0.280 e. The summed E-state index contributed by atoms with van der Waals surface area (Å²) >= 11 is 0. The van der Waals surface area contributed by atoms with Gasteiger partial charge in [0.2, 0.25) is 0 Å². The lowest BCUT2D eigenvalue weighted by Crippen LogP contribution is -2.45. The summed E-state index contributed by atoms with van der Waals surface area (Å²) in [6.45, 7) is 0. The normalized spacial score (nSPS) is 20.6. The maximum Gasteiger partial charge on any atom is 0.280 e. The summed E-state index contributed by atoms with van der Waals surface area (Å²) in [6.07, 6.45) is 5.25. The van der Waals surface area contributed by atoms with Crippen LogP contribution in [0.15, 0.2) is 0 Å². The summed E-state index contributed by atoms with van der Waals surface area (Å²) in [7, 11) is -0.586. The molecule has 1 rings (SSSR count). The fraction of sp³-hybridized carbons (Fsp3) is 0.900. The van der Waals surface area contributed by atoms with Gasteiger partial charge in [-0.1, -0.05) is 19.3 Å². The van der Waals surface area contributed by atoms with Gasteiger partial charge in [0.25, 0.3) is 10.2 Å². The molecule has 1 N–H and O–H groups in total. The van der Waals surface area contributed by atoms with Crippen LogP contribution in [0.3, 0.4) is 0 Å². The zero-order chi connectivity index (χ0) is 12.2. The smallest absolute Gasteiger partial charge is 0.197 e. The summed E-state index contributed by atoms with van der Waals surface area (Å²) in [5.74, 6) is 0.161. The Balaban J connectivity index is 2.65. The molecule has 0 amide bonds. The van der Waals surface area contributed by atoms with Crippen molar-refractivity contribution >= 4 is 10.2 Å². The van der Waals surface area contributed by atoms with Gasteiger partial charge in [-0.2, -0.15) is 22.7 Å². The molecule has 1 unspecified atom stereocenters. The molecule has 0 bridgehead atoms. The Kier molecular flexibility index (Phi) is 4.71. The minimum absolute atomic E-state index is 0.161. The molecule has 0 aliphatic heterocycles. The molecule has 0 saturated heterocycles. The van der Waals surface area contributed by atoms with E-state index in [0.29, 0.717) is 0 Å². The molecule has 1 fully saturated rings. The minimum atomic E-state index is -3.50. The van der Waals surface area contributed by atoms with Crippen molar-refractivity contribution in [2.45, 2.75) is 38.1 Å². The third kappa shape index (κ3) is 3.44. The molecule has 1 saturated carbocycles. The Bertz CT molecular complexity index is 353. The van der Waals surface area contributed by atoms with Crippen LogP contribution in [-0.2, 0) is 10.2 Å². The van der Waals surface area contributed by atoms with E-state index in [-0.39, 0.29) is 5.92 Å². The molecule has 1 atom stereocenters. The lowest BCUT2D eigenvalue weighted by molar-refractivity contribution is 0.321. The summed E-state index contributed by atoms with van der Waals surface area (Å²) in [5.41, 5.74) is 0. The Labute approximate surface area is 97.6 Å². The number of nitrogens with one attached hydrogen (secondary N) is 1. The molecule has 92 valence electrons. The highest BCUT2D eigenvalue weighted by Gasteiger charge is 2.28. The molecular weight excluding hydrogens is 226 g/mol. The van der Waals surface area contributed by atoms with E-state index in [1.165, 1.54) is 20.5 Å². The summed E-state index contributed by atoms with van der Waals surface area (Å²) in [4.78, 5) is 0. The van der Waals surface area contributed by atoms with Crippen LogP contribution < -0.4 is 4.72 Å². The molecule has 0 spiro atoms. The van der Waals surface area contributed by atoms with Gasteiger partial charge in [-0.3, -0.25) is 0 Å². The van der Waals surface area contributed by atoms with Crippen LogP contribution in [-0.4, -0.2) is 32.9 Å². The molecule has 0 radical (unpaired) electrons. The molecule has 1 aliphatic rings. The number of nitriles is 1. The Morgan fingerprint density at radius 2 is 1.88 bits per heavy atom. The van der Waals surface area contributed by atoms with Gasteiger partial charge >= 0.3 is 0 Å². The van der Waals surface area contributed by atoms with Crippen molar-refractivity contribution in [1.82, 2.24) is 9.03 Å². The quantitative estimate of drug-likeness (QED) is 0.798. The van der Waals surface area contributed by atoms with E-state index >= 15 is 0 Å². The van der Waals surface area contributed by atoms with Crippen LogP contribution in [0.1, 0.15) is 32.1 Å². The molecule has 0 aromatic rings. The highest BCUT2D eigenvalue weighted by atomic mass is 32.2. The first-order valence-electron chi connectivity index (χ1n) is 5.57. The predicted octanol–water partition coefficient (Wildman–Crippen LogP) is 0.855. The highest BCUT2D eigenvalue weighted by Crippen LogP contribution is 2.26. The maximum atomic E-state index is 11.6. The maximum absolute atomic E-state index is 11.6. The molecule has 5 nitrogen and oxygen atoms in total. The number of hydrogen-bond acceptors (Lipinski definition) is 3. The van der Waals surface area contributed by atoms with Gasteiger partial charge in [0, 0.05) is 14.1 Å². The predicted molar refractivity (Wildman–Crippen MR) is 61.7 cm³/mol. The molecule has 6 heteroatoms. The first-order valence-corrected chi connectivity index (χ1v) is 7.01. The third-order valence-corrected chi connectivity index (χ3v) is 4.53. The van der Waals surface area contributed by atoms with E-state index in [9.17, 15) is 8.42 Å². The van der Waals surface area contributed by atoms with Crippen molar-refractivity contribution in [3.05, 3.63) is 0 Å². The molecule has 16 heavy (non-hydrogen) atoms. The number of rotatable bonds is 4. The van der Waals surface area contributed by atoms with Crippen LogP contribution in [0.2, 0.25) is 0 Å². The molecule has 0 aromatic heterocycles. The van der Waals surface area contributed by atoms with Gasteiger partial charge in [-0.15, -0.1) is 0 Å². The number of hydrogen-bond donors (Lipinski definition) is 1. The van der Waals surface area contributed by atoms with Crippen molar-refractivity contribution in [2.75, 3.05) is 14.1 Å². The van der Waals surface area contributed by atoms with E-state index in [4.69, 9.17) is 5.26 Å². The van der Waals surface area contributed by atoms with Gasteiger partial charge < -0.3 is 0 Å². The summed E-state index contributed by atoms with van der Waals surface area (Å²) in [6, 6.07) is 1.48.